The van der Waals surface area contributed by atoms with E-state index in [1.165, 1.54) is 4.90 Å². The highest BCUT2D eigenvalue weighted by atomic mass is 19.2. The average molecular weight is 285 g/mol. The minimum Gasteiger partial charge on any atom is -0.364 e. The van der Waals surface area contributed by atoms with Crippen molar-refractivity contribution in [2.24, 2.45) is 0 Å². The molecule has 0 aliphatic carbocycles. The monoisotopic (exact) mass is 285 g/mol. The molecule has 0 saturated carbocycles. The van der Waals surface area contributed by atoms with Gasteiger partial charge >= 0.3 is 0 Å². The maximum atomic E-state index is 14.0. The van der Waals surface area contributed by atoms with Crippen LogP contribution < -0.4 is 10.2 Å². The Balaban J connectivity index is 2.38. The molecule has 1 fully saturated rings. The fourth-order valence-electron chi connectivity index (χ4n) is 2.58. The van der Waals surface area contributed by atoms with E-state index >= 15 is 0 Å². The van der Waals surface area contributed by atoms with E-state index in [-0.39, 0.29) is 11.7 Å². The SMILES string of the molecule is CN(c1c([N+](=O)[O-])ccc(F)c1F)C1CCCNCC1. The van der Waals surface area contributed by atoms with Gasteiger partial charge in [-0.25, -0.2) is 8.78 Å². The predicted octanol–water partition coefficient (Wildman–Crippen LogP) is 2.45. The summed E-state index contributed by atoms with van der Waals surface area (Å²) in [5.74, 6) is -2.22. The summed E-state index contributed by atoms with van der Waals surface area (Å²) in [7, 11) is 1.58. The van der Waals surface area contributed by atoms with Crippen molar-refractivity contribution in [3.8, 4) is 0 Å². The maximum Gasteiger partial charge on any atom is 0.295 e. The third-order valence-corrected chi connectivity index (χ3v) is 3.69. The van der Waals surface area contributed by atoms with Gasteiger partial charge in [0, 0.05) is 19.2 Å². The van der Waals surface area contributed by atoms with Gasteiger partial charge in [0.2, 0.25) is 0 Å². The number of nitro groups is 1. The van der Waals surface area contributed by atoms with Crippen LogP contribution in [0, 0.1) is 21.7 Å². The van der Waals surface area contributed by atoms with Gasteiger partial charge in [0.25, 0.3) is 5.69 Å². The molecule has 0 amide bonds. The predicted molar refractivity (Wildman–Crippen MR) is 71.9 cm³/mol. The number of hydrogen-bond acceptors (Lipinski definition) is 4. The highest BCUT2D eigenvalue weighted by molar-refractivity contribution is 5.64. The lowest BCUT2D eigenvalue weighted by Crippen LogP contribution is -2.33. The third-order valence-electron chi connectivity index (χ3n) is 3.69. The number of nitrogens with one attached hydrogen (secondary N) is 1. The van der Waals surface area contributed by atoms with Crippen molar-refractivity contribution in [1.82, 2.24) is 5.32 Å². The molecular weight excluding hydrogens is 268 g/mol. The van der Waals surface area contributed by atoms with E-state index in [4.69, 9.17) is 0 Å². The van der Waals surface area contributed by atoms with Gasteiger partial charge in [-0.1, -0.05) is 0 Å². The van der Waals surface area contributed by atoms with Gasteiger partial charge < -0.3 is 10.2 Å². The van der Waals surface area contributed by atoms with Crippen LogP contribution in [0.3, 0.4) is 0 Å². The van der Waals surface area contributed by atoms with Crippen LogP contribution in [0.25, 0.3) is 0 Å². The van der Waals surface area contributed by atoms with Crippen molar-refractivity contribution in [3.63, 3.8) is 0 Å². The molecule has 5 nitrogen and oxygen atoms in total. The molecule has 0 radical (unpaired) electrons. The number of anilines is 1. The largest absolute Gasteiger partial charge is 0.364 e. The van der Waals surface area contributed by atoms with Crippen LogP contribution in [0.15, 0.2) is 12.1 Å². The normalized spacial score (nSPS) is 19.4. The third kappa shape index (κ3) is 2.87. The van der Waals surface area contributed by atoms with E-state index in [0.717, 1.165) is 44.5 Å². The molecule has 1 aromatic carbocycles. The fraction of sp³-hybridized carbons (Fsp3) is 0.538. The lowest BCUT2D eigenvalue weighted by Gasteiger charge is -2.29. The summed E-state index contributed by atoms with van der Waals surface area (Å²) in [5, 5.41) is 14.2. The van der Waals surface area contributed by atoms with Gasteiger partial charge in [-0.3, -0.25) is 10.1 Å². The standard InChI is InChI=1S/C13H17F2N3O2/c1-17(9-3-2-7-16-8-6-9)13-11(18(19)20)5-4-10(14)12(13)15/h4-5,9,16H,2-3,6-8H2,1H3. The highest BCUT2D eigenvalue weighted by Crippen LogP contribution is 2.34. The van der Waals surface area contributed by atoms with E-state index in [1.54, 1.807) is 7.05 Å². The zero-order valence-corrected chi connectivity index (χ0v) is 11.2. The second-order valence-electron chi connectivity index (χ2n) is 4.93. The summed E-state index contributed by atoms with van der Waals surface area (Å²) in [5.41, 5.74) is -0.662. The van der Waals surface area contributed by atoms with E-state index in [0.29, 0.717) is 0 Å². The topological polar surface area (TPSA) is 58.4 Å². The van der Waals surface area contributed by atoms with Gasteiger partial charge in [-0.15, -0.1) is 0 Å². The number of nitro benzene ring substituents is 1. The molecule has 1 saturated heterocycles. The van der Waals surface area contributed by atoms with Crippen LogP contribution in [-0.4, -0.2) is 31.1 Å². The first kappa shape index (κ1) is 14.6. The summed E-state index contributed by atoms with van der Waals surface area (Å²) in [6, 6.07) is 1.76. The maximum absolute atomic E-state index is 14.0. The molecule has 110 valence electrons. The van der Waals surface area contributed by atoms with E-state index in [9.17, 15) is 18.9 Å². The number of rotatable bonds is 3. The van der Waals surface area contributed by atoms with Gasteiger partial charge in [-0.05, 0) is 38.4 Å². The van der Waals surface area contributed by atoms with Crippen molar-refractivity contribution >= 4 is 11.4 Å². The van der Waals surface area contributed by atoms with Gasteiger partial charge in [0.15, 0.2) is 17.3 Å². The van der Waals surface area contributed by atoms with Crippen LogP contribution in [0.1, 0.15) is 19.3 Å². The molecule has 0 bridgehead atoms. The molecular formula is C13H17F2N3O2. The number of hydrogen-bond donors (Lipinski definition) is 1. The van der Waals surface area contributed by atoms with Gasteiger partial charge in [0.1, 0.15) is 0 Å². The Morgan fingerprint density at radius 1 is 1.35 bits per heavy atom. The Kier molecular flexibility index (Phi) is 4.49. The minimum absolute atomic E-state index is 0.0417. The molecule has 0 spiro atoms. The molecule has 1 unspecified atom stereocenters. The quantitative estimate of drug-likeness (QED) is 0.684. The van der Waals surface area contributed by atoms with Crippen LogP contribution in [0.2, 0.25) is 0 Å². The van der Waals surface area contributed by atoms with Crippen molar-refractivity contribution in [2.45, 2.75) is 25.3 Å². The summed E-state index contributed by atoms with van der Waals surface area (Å²) >= 11 is 0. The zero-order valence-electron chi connectivity index (χ0n) is 11.2. The molecule has 0 aromatic heterocycles. The smallest absolute Gasteiger partial charge is 0.295 e. The minimum atomic E-state index is -1.15. The van der Waals surface area contributed by atoms with Crippen molar-refractivity contribution in [1.29, 1.82) is 0 Å². The summed E-state index contributed by atoms with van der Waals surface area (Å²) in [6.07, 6.45) is 2.43. The molecule has 1 atom stereocenters. The molecule has 1 aliphatic heterocycles. The molecule has 1 heterocycles. The molecule has 1 aliphatic rings. The molecule has 7 heteroatoms. The van der Waals surface area contributed by atoms with Crippen LogP contribution in [-0.2, 0) is 0 Å². The van der Waals surface area contributed by atoms with Crippen LogP contribution >= 0.6 is 0 Å². The first-order valence-corrected chi connectivity index (χ1v) is 6.58. The van der Waals surface area contributed by atoms with Gasteiger partial charge in [0.05, 0.1) is 4.92 Å². The van der Waals surface area contributed by atoms with E-state index in [1.807, 2.05) is 0 Å². The highest BCUT2D eigenvalue weighted by Gasteiger charge is 2.28. The van der Waals surface area contributed by atoms with Crippen LogP contribution in [0.5, 0.6) is 0 Å². The second-order valence-corrected chi connectivity index (χ2v) is 4.93. The first-order valence-electron chi connectivity index (χ1n) is 6.58. The average Bonchev–Trinajstić information content (AvgIpc) is 2.69. The van der Waals surface area contributed by atoms with E-state index < -0.39 is 22.2 Å². The Morgan fingerprint density at radius 2 is 2.10 bits per heavy atom. The Bertz CT molecular complexity index is 503. The Morgan fingerprint density at radius 3 is 2.80 bits per heavy atom. The second kappa shape index (κ2) is 6.13. The fourth-order valence-corrected chi connectivity index (χ4v) is 2.58. The number of halogens is 2. The van der Waals surface area contributed by atoms with Crippen molar-refractivity contribution in [3.05, 3.63) is 33.9 Å². The first-order chi connectivity index (χ1) is 9.52. The molecule has 2 rings (SSSR count). The molecule has 1 N–H and O–H groups in total. The number of benzene rings is 1. The number of nitrogens with zero attached hydrogens (tertiary/aromatic N) is 2. The Hall–Kier alpha value is -1.76. The van der Waals surface area contributed by atoms with Crippen molar-refractivity contribution in [2.75, 3.05) is 25.0 Å². The van der Waals surface area contributed by atoms with Gasteiger partial charge in [-0.2, -0.15) is 0 Å². The van der Waals surface area contributed by atoms with Crippen molar-refractivity contribution < 1.29 is 13.7 Å². The summed E-state index contributed by atoms with van der Waals surface area (Å²) in [6.45, 7) is 1.64. The lowest BCUT2D eigenvalue weighted by molar-refractivity contribution is -0.384. The summed E-state index contributed by atoms with van der Waals surface area (Å²) < 4.78 is 27.4. The molecule has 20 heavy (non-hydrogen) atoms. The Labute approximate surface area is 115 Å². The van der Waals surface area contributed by atoms with Crippen LogP contribution in [0.4, 0.5) is 20.2 Å². The lowest BCUT2D eigenvalue weighted by atomic mass is 10.1. The zero-order chi connectivity index (χ0) is 14.7. The van der Waals surface area contributed by atoms with E-state index in [2.05, 4.69) is 5.32 Å². The molecule has 1 aromatic rings. The summed E-state index contributed by atoms with van der Waals surface area (Å²) in [4.78, 5) is 11.8.